The molecule has 0 spiro atoms. The number of hydrogen-bond donors (Lipinski definition) is 2. The van der Waals surface area contributed by atoms with Crippen molar-refractivity contribution in [2.24, 2.45) is 10.7 Å². The number of aliphatic imine (C=N–C) groups is 1. The number of amidine groups is 1. The standard InChI is InChI=1S/C17H13ClN2O/c18-14-4-6-15(7-5-14)20-17(19)13-2-1-12-10-16(21)8-3-11(12)9-13/h1-10,21H,(H2,19,20). The minimum absolute atomic E-state index is 0.248. The van der Waals surface area contributed by atoms with Gasteiger partial charge in [-0.05, 0) is 53.2 Å². The van der Waals surface area contributed by atoms with Gasteiger partial charge in [-0.15, -0.1) is 0 Å². The molecular formula is C17H13ClN2O. The lowest BCUT2D eigenvalue weighted by atomic mass is 10.1. The molecule has 3 aromatic carbocycles. The number of benzene rings is 3. The summed E-state index contributed by atoms with van der Waals surface area (Å²) in [6, 6.07) is 18.1. The first kappa shape index (κ1) is 13.5. The molecular weight excluding hydrogens is 284 g/mol. The number of rotatable bonds is 2. The van der Waals surface area contributed by atoms with Gasteiger partial charge in [0.15, 0.2) is 0 Å². The predicted octanol–water partition coefficient (Wildman–Crippen LogP) is 4.24. The Morgan fingerprint density at radius 1 is 0.905 bits per heavy atom. The molecule has 3 aromatic rings. The highest BCUT2D eigenvalue weighted by Gasteiger charge is 2.02. The Kier molecular flexibility index (Phi) is 3.50. The van der Waals surface area contributed by atoms with Gasteiger partial charge in [0.25, 0.3) is 0 Å². The fraction of sp³-hybridized carbons (Fsp3) is 0. The van der Waals surface area contributed by atoms with Crippen LogP contribution in [0, 0.1) is 0 Å². The van der Waals surface area contributed by atoms with Gasteiger partial charge in [0.1, 0.15) is 11.6 Å². The smallest absolute Gasteiger partial charge is 0.131 e. The normalized spacial score (nSPS) is 11.8. The number of nitrogens with two attached hydrogens (primary N) is 1. The van der Waals surface area contributed by atoms with Crippen LogP contribution in [0.1, 0.15) is 5.56 Å². The summed E-state index contributed by atoms with van der Waals surface area (Å²) in [5.41, 5.74) is 7.64. The molecule has 0 heterocycles. The summed E-state index contributed by atoms with van der Waals surface area (Å²) in [7, 11) is 0. The summed E-state index contributed by atoms with van der Waals surface area (Å²) in [6.45, 7) is 0. The van der Waals surface area contributed by atoms with Gasteiger partial charge in [-0.2, -0.15) is 0 Å². The summed E-state index contributed by atoms with van der Waals surface area (Å²) in [6.07, 6.45) is 0. The van der Waals surface area contributed by atoms with E-state index in [0.717, 1.165) is 22.0 Å². The zero-order valence-corrected chi connectivity index (χ0v) is 11.9. The summed E-state index contributed by atoms with van der Waals surface area (Å²) < 4.78 is 0. The molecule has 3 N–H and O–H groups in total. The van der Waals surface area contributed by atoms with Crippen molar-refractivity contribution in [2.45, 2.75) is 0 Å². The van der Waals surface area contributed by atoms with Gasteiger partial charge in [-0.25, -0.2) is 4.99 Å². The Morgan fingerprint density at radius 2 is 1.57 bits per heavy atom. The third-order valence-corrected chi connectivity index (χ3v) is 3.45. The summed E-state index contributed by atoms with van der Waals surface area (Å²) >= 11 is 5.84. The fourth-order valence-electron chi connectivity index (χ4n) is 2.11. The van der Waals surface area contributed by atoms with E-state index in [4.69, 9.17) is 17.3 Å². The SMILES string of the molecule is NC(=Nc1ccc(Cl)cc1)c1ccc2cc(O)ccc2c1. The molecule has 0 unspecified atom stereocenters. The lowest BCUT2D eigenvalue weighted by Crippen LogP contribution is -2.12. The van der Waals surface area contributed by atoms with Gasteiger partial charge in [-0.3, -0.25) is 0 Å². The van der Waals surface area contributed by atoms with Crippen molar-refractivity contribution in [1.82, 2.24) is 0 Å². The number of phenolic OH excluding ortho intramolecular Hbond substituents is 1. The molecule has 0 aromatic heterocycles. The quantitative estimate of drug-likeness (QED) is 0.549. The van der Waals surface area contributed by atoms with E-state index in [1.54, 1.807) is 24.3 Å². The van der Waals surface area contributed by atoms with E-state index in [1.165, 1.54) is 0 Å². The van der Waals surface area contributed by atoms with Crippen LogP contribution in [0.2, 0.25) is 5.02 Å². The van der Waals surface area contributed by atoms with Gasteiger partial charge in [0.05, 0.1) is 5.69 Å². The van der Waals surface area contributed by atoms with Crippen LogP contribution in [-0.4, -0.2) is 10.9 Å². The molecule has 0 fully saturated rings. The van der Waals surface area contributed by atoms with E-state index >= 15 is 0 Å². The molecule has 0 aliphatic heterocycles. The lowest BCUT2D eigenvalue weighted by Gasteiger charge is -2.04. The van der Waals surface area contributed by atoms with Crippen LogP contribution >= 0.6 is 11.6 Å². The fourth-order valence-corrected chi connectivity index (χ4v) is 2.24. The van der Waals surface area contributed by atoms with E-state index < -0.39 is 0 Å². The average Bonchev–Trinajstić information content (AvgIpc) is 2.49. The molecule has 3 nitrogen and oxygen atoms in total. The second-order valence-electron chi connectivity index (χ2n) is 4.72. The van der Waals surface area contributed by atoms with Crippen LogP contribution in [-0.2, 0) is 0 Å². The summed E-state index contributed by atoms with van der Waals surface area (Å²) in [5, 5.41) is 12.1. The monoisotopic (exact) mass is 296 g/mol. The topological polar surface area (TPSA) is 58.6 Å². The van der Waals surface area contributed by atoms with Crippen molar-refractivity contribution in [3.63, 3.8) is 0 Å². The largest absolute Gasteiger partial charge is 0.508 e. The summed E-state index contributed by atoms with van der Waals surface area (Å²) in [5.74, 6) is 0.686. The molecule has 3 rings (SSSR count). The van der Waals surface area contributed by atoms with Gasteiger partial charge in [-0.1, -0.05) is 29.8 Å². The highest BCUT2D eigenvalue weighted by atomic mass is 35.5. The molecule has 0 bridgehead atoms. The van der Waals surface area contributed by atoms with Gasteiger partial charge in [0, 0.05) is 10.6 Å². The van der Waals surface area contributed by atoms with Crippen LogP contribution in [0.15, 0.2) is 65.7 Å². The number of hydrogen-bond acceptors (Lipinski definition) is 2. The first-order chi connectivity index (χ1) is 10.1. The molecule has 0 aliphatic rings. The zero-order chi connectivity index (χ0) is 14.8. The van der Waals surface area contributed by atoms with Gasteiger partial charge >= 0.3 is 0 Å². The molecule has 0 saturated heterocycles. The first-order valence-corrected chi connectivity index (χ1v) is 6.82. The molecule has 0 radical (unpaired) electrons. The average molecular weight is 297 g/mol. The Morgan fingerprint density at radius 3 is 2.33 bits per heavy atom. The first-order valence-electron chi connectivity index (χ1n) is 6.45. The van der Waals surface area contributed by atoms with Crippen molar-refractivity contribution in [1.29, 1.82) is 0 Å². The molecule has 104 valence electrons. The van der Waals surface area contributed by atoms with Crippen LogP contribution in [0.4, 0.5) is 5.69 Å². The molecule has 0 aliphatic carbocycles. The number of halogens is 1. The maximum absolute atomic E-state index is 9.47. The van der Waals surface area contributed by atoms with Crippen molar-refractivity contribution in [3.05, 3.63) is 71.2 Å². The highest BCUT2D eigenvalue weighted by Crippen LogP contribution is 2.22. The van der Waals surface area contributed by atoms with E-state index in [0.29, 0.717) is 10.9 Å². The maximum Gasteiger partial charge on any atom is 0.131 e. The van der Waals surface area contributed by atoms with Crippen molar-refractivity contribution in [3.8, 4) is 5.75 Å². The van der Waals surface area contributed by atoms with Gasteiger partial charge < -0.3 is 10.8 Å². The van der Waals surface area contributed by atoms with Crippen molar-refractivity contribution >= 4 is 33.9 Å². The van der Waals surface area contributed by atoms with Crippen molar-refractivity contribution in [2.75, 3.05) is 0 Å². The Bertz CT molecular complexity index is 826. The number of fused-ring (bicyclic) bond motifs is 1. The van der Waals surface area contributed by atoms with Crippen LogP contribution in [0.25, 0.3) is 10.8 Å². The van der Waals surface area contributed by atoms with E-state index in [9.17, 15) is 5.11 Å². The number of phenols is 1. The minimum atomic E-state index is 0.248. The summed E-state index contributed by atoms with van der Waals surface area (Å²) in [4.78, 5) is 4.38. The molecule has 0 saturated carbocycles. The second-order valence-corrected chi connectivity index (χ2v) is 5.16. The lowest BCUT2D eigenvalue weighted by molar-refractivity contribution is 0.476. The molecule has 4 heteroatoms. The third kappa shape index (κ3) is 2.98. The highest BCUT2D eigenvalue weighted by molar-refractivity contribution is 6.30. The second kappa shape index (κ2) is 5.46. The van der Waals surface area contributed by atoms with Gasteiger partial charge in [0.2, 0.25) is 0 Å². The third-order valence-electron chi connectivity index (χ3n) is 3.20. The molecule has 0 atom stereocenters. The van der Waals surface area contributed by atoms with E-state index in [2.05, 4.69) is 4.99 Å². The Balaban J connectivity index is 1.99. The van der Waals surface area contributed by atoms with E-state index in [1.807, 2.05) is 36.4 Å². The zero-order valence-electron chi connectivity index (χ0n) is 11.1. The predicted molar refractivity (Wildman–Crippen MR) is 87.4 cm³/mol. The number of aromatic hydroxyl groups is 1. The van der Waals surface area contributed by atoms with E-state index in [-0.39, 0.29) is 5.75 Å². The van der Waals surface area contributed by atoms with Crippen LogP contribution in [0.3, 0.4) is 0 Å². The Hall–Kier alpha value is -2.52. The maximum atomic E-state index is 9.47. The molecule has 21 heavy (non-hydrogen) atoms. The Labute approximate surface area is 127 Å². The van der Waals surface area contributed by atoms with Crippen LogP contribution < -0.4 is 5.73 Å². The van der Waals surface area contributed by atoms with Crippen LogP contribution in [0.5, 0.6) is 5.75 Å². The number of nitrogens with zero attached hydrogens (tertiary/aromatic N) is 1. The minimum Gasteiger partial charge on any atom is -0.508 e. The van der Waals surface area contributed by atoms with Crippen molar-refractivity contribution < 1.29 is 5.11 Å². The molecule has 0 amide bonds.